The first-order valence-corrected chi connectivity index (χ1v) is 18.2. The van der Waals surface area contributed by atoms with Crippen LogP contribution < -0.4 is 4.43 Å². The van der Waals surface area contributed by atoms with Crippen LogP contribution in [0, 0.1) is 17.3 Å². The summed E-state index contributed by atoms with van der Waals surface area (Å²) in [5.74, 6) is 2.80. The first-order chi connectivity index (χ1) is 13.4. The van der Waals surface area contributed by atoms with Gasteiger partial charge in [0.25, 0.3) is 0 Å². The lowest BCUT2D eigenvalue weighted by Crippen LogP contribution is -2.47. The standard InChI is InChI=1S/C24H38O3Si2/c1-24-13-12-18-17-9-8-16(26-28(2,3)4)14-20(17)22(25)15-19(18)21(24)10-11-23(24)27-29(5,6)7/h8-9,14,18-19,21,23H,10-13,15H2,1-7H3/t18-,19-,21+,23+,24+/m1/s1. The van der Waals surface area contributed by atoms with Crippen molar-refractivity contribution in [2.24, 2.45) is 17.3 Å². The topological polar surface area (TPSA) is 35.5 Å². The van der Waals surface area contributed by atoms with Gasteiger partial charge in [0.2, 0.25) is 8.32 Å². The van der Waals surface area contributed by atoms with Crippen LogP contribution in [0.2, 0.25) is 39.3 Å². The van der Waals surface area contributed by atoms with E-state index in [1.807, 2.05) is 6.07 Å². The number of rotatable bonds is 4. The maximum atomic E-state index is 13.2. The van der Waals surface area contributed by atoms with Crippen LogP contribution in [0.3, 0.4) is 0 Å². The van der Waals surface area contributed by atoms with Crippen molar-refractivity contribution in [1.29, 1.82) is 0 Å². The molecule has 5 atom stereocenters. The van der Waals surface area contributed by atoms with Gasteiger partial charge in [0.05, 0.1) is 6.10 Å². The lowest BCUT2D eigenvalue weighted by Gasteiger charge is -2.51. The quantitative estimate of drug-likeness (QED) is 0.504. The molecule has 0 amide bonds. The van der Waals surface area contributed by atoms with E-state index in [2.05, 4.69) is 58.3 Å². The average Bonchev–Trinajstić information content (AvgIpc) is 2.89. The van der Waals surface area contributed by atoms with Gasteiger partial charge in [0.15, 0.2) is 14.1 Å². The summed E-state index contributed by atoms with van der Waals surface area (Å²) in [6.07, 6.45) is 5.86. The number of hydrogen-bond donors (Lipinski definition) is 0. The zero-order chi connectivity index (χ0) is 21.2. The highest BCUT2D eigenvalue weighted by Gasteiger charge is 2.56. The molecule has 0 spiro atoms. The molecule has 3 nitrogen and oxygen atoms in total. The van der Waals surface area contributed by atoms with E-state index in [0.29, 0.717) is 36.1 Å². The second-order valence-electron chi connectivity index (χ2n) is 11.8. The van der Waals surface area contributed by atoms with Gasteiger partial charge in [-0.15, -0.1) is 0 Å². The number of carbonyl (C=O) groups excluding carboxylic acids is 1. The summed E-state index contributed by atoms with van der Waals surface area (Å²) in [4.78, 5) is 13.2. The van der Waals surface area contributed by atoms with Crippen molar-refractivity contribution >= 4 is 22.4 Å². The van der Waals surface area contributed by atoms with Crippen LogP contribution in [0.25, 0.3) is 0 Å². The van der Waals surface area contributed by atoms with E-state index < -0.39 is 16.6 Å². The largest absolute Gasteiger partial charge is 0.544 e. The van der Waals surface area contributed by atoms with Gasteiger partial charge < -0.3 is 8.85 Å². The van der Waals surface area contributed by atoms with Gasteiger partial charge in [0.1, 0.15) is 5.75 Å². The Morgan fingerprint density at radius 3 is 2.38 bits per heavy atom. The van der Waals surface area contributed by atoms with Crippen LogP contribution in [-0.2, 0) is 4.43 Å². The molecule has 1 aromatic rings. The molecular formula is C24H38O3Si2. The molecule has 0 radical (unpaired) electrons. The van der Waals surface area contributed by atoms with Crippen LogP contribution >= 0.6 is 0 Å². The van der Waals surface area contributed by atoms with Gasteiger partial charge in [-0.1, -0.05) is 13.0 Å². The SMILES string of the molecule is C[C@]12CC[C@@H]3c4ccc(O[Si](C)(C)C)cc4C(=O)C[C@H]3[C@@H]1CC[C@@H]2O[Si](C)(C)C. The van der Waals surface area contributed by atoms with Crippen molar-refractivity contribution in [3.8, 4) is 5.75 Å². The molecule has 1 aromatic carbocycles. The monoisotopic (exact) mass is 430 g/mol. The fraction of sp³-hybridized carbons (Fsp3) is 0.708. The summed E-state index contributed by atoms with van der Waals surface area (Å²) in [6, 6.07) is 6.34. The molecule has 0 saturated heterocycles. The summed E-state index contributed by atoms with van der Waals surface area (Å²) < 4.78 is 12.8. The minimum Gasteiger partial charge on any atom is -0.544 e. The fourth-order valence-electron chi connectivity index (χ4n) is 6.37. The summed E-state index contributed by atoms with van der Waals surface area (Å²) in [5, 5.41) is 0. The highest BCUT2D eigenvalue weighted by atomic mass is 28.4. The van der Waals surface area contributed by atoms with Crippen molar-refractivity contribution in [3.05, 3.63) is 29.3 Å². The Morgan fingerprint density at radius 2 is 1.72 bits per heavy atom. The van der Waals surface area contributed by atoms with Gasteiger partial charge >= 0.3 is 0 Å². The zero-order valence-corrected chi connectivity index (χ0v) is 21.3. The highest BCUT2D eigenvalue weighted by Crippen LogP contribution is 2.61. The Bertz CT molecular complexity index is 807. The smallest absolute Gasteiger partial charge is 0.242 e. The van der Waals surface area contributed by atoms with Gasteiger partial charge in [0, 0.05) is 12.0 Å². The second-order valence-corrected chi connectivity index (χ2v) is 20.7. The summed E-state index contributed by atoms with van der Waals surface area (Å²) in [5.41, 5.74) is 2.45. The Labute approximate surface area is 178 Å². The molecule has 3 aliphatic rings. The maximum Gasteiger partial charge on any atom is 0.242 e. The normalized spacial score (nSPS) is 34.4. The molecule has 0 aromatic heterocycles. The third-order valence-corrected chi connectivity index (χ3v) is 9.26. The van der Waals surface area contributed by atoms with E-state index in [0.717, 1.165) is 11.3 Å². The van der Waals surface area contributed by atoms with Crippen molar-refractivity contribution in [3.63, 3.8) is 0 Å². The minimum atomic E-state index is -1.68. The number of ketones is 1. The first kappa shape index (κ1) is 21.3. The summed E-state index contributed by atoms with van der Waals surface area (Å²) in [6.45, 7) is 15.9. The number of hydrogen-bond acceptors (Lipinski definition) is 3. The molecule has 0 unspecified atom stereocenters. The van der Waals surface area contributed by atoms with Gasteiger partial charge in [-0.25, -0.2) is 0 Å². The van der Waals surface area contributed by atoms with Gasteiger partial charge in [-0.3, -0.25) is 4.79 Å². The number of carbonyl (C=O) groups is 1. The lowest BCUT2D eigenvalue weighted by atomic mass is 9.55. The zero-order valence-electron chi connectivity index (χ0n) is 19.3. The molecule has 2 saturated carbocycles. The Balaban J connectivity index is 1.61. The third-order valence-electron chi connectivity index (χ3n) is 7.42. The van der Waals surface area contributed by atoms with Crippen molar-refractivity contribution < 1.29 is 13.6 Å². The van der Waals surface area contributed by atoms with E-state index in [-0.39, 0.29) is 5.41 Å². The van der Waals surface area contributed by atoms with Crippen LogP contribution in [0.5, 0.6) is 5.75 Å². The van der Waals surface area contributed by atoms with Crippen LogP contribution in [-0.4, -0.2) is 28.5 Å². The van der Waals surface area contributed by atoms with Crippen LogP contribution in [0.4, 0.5) is 0 Å². The molecule has 4 rings (SSSR count). The molecular weight excluding hydrogens is 392 g/mol. The van der Waals surface area contributed by atoms with E-state index >= 15 is 0 Å². The number of Topliss-reactive ketones (excluding diaryl/α,β-unsaturated/α-hetero) is 1. The molecule has 0 aliphatic heterocycles. The minimum absolute atomic E-state index is 0.236. The fourth-order valence-corrected chi connectivity index (χ4v) is 8.45. The van der Waals surface area contributed by atoms with E-state index in [1.165, 1.54) is 31.2 Å². The Kier molecular flexibility index (Phi) is 5.19. The molecule has 3 aliphatic carbocycles. The summed E-state index contributed by atoms with van der Waals surface area (Å²) >= 11 is 0. The second kappa shape index (κ2) is 7.06. The molecule has 0 bridgehead atoms. The molecule has 160 valence electrons. The van der Waals surface area contributed by atoms with E-state index in [4.69, 9.17) is 8.85 Å². The van der Waals surface area contributed by atoms with E-state index in [9.17, 15) is 4.79 Å². The van der Waals surface area contributed by atoms with Crippen LogP contribution in [0.15, 0.2) is 18.2 Å². The number of fused-ring (bicyclic) bond motifs is 5. The Hall–Kier alpha value is -0.916. The molecule has 2 fully saturated rings. The van der Waals surface area contributed by atoms with E-state index in [1.54, 1.807) is 0 Å². The van der Waals surface area contributed by atoms with Crippen LogP contribution in [0.1, 0.15) is 60.9 Å². The molecule has 0 N–H and O–H groups in total. The van der Waals surface area contributed by atoms with Crippen molar-refractivity contribution in [1.82, 2.24) is 0 Å². The Morgan fingerprint density at radius 1 is 1.00 bits per heavy atom. The maximum absolute atomic E-state index is 13.2. The van der Waals surface area contributed by atoms with Crippen molar-refractivity contribution in [2.75, 3.05) is 0 Å². The number of benzene rings is 1. The van der Waals surface area contributed by atoms with Gasteiger partial charge in [-0.05, 0) is 106 Å². The highest BCUT2D eigenvalue weighted by molar-refractivity contribution is 6.70. The first-order valence-electron chi connectivity index (χ1n) is 11.4. The summed E-state index contributed by atoms with van der Waals surface area (Å²) in [7, 11) is -3.24. The molecule has 0 heterocycles. The lowest BCUT2D eigenvalue weighted by molar-refractivity contribution is -0.0123. The predicted octanol–water partition coefficient (Wildman–Crippen LogP) is 6.62. The van der Waals surface area contributed by atoms with Gasteiger partial charge in [-0.2, -0.15) is 0 Å². The molecule has 5 heteroatoms. The third kappa shape index (κ3) is 4.02. The predicted molar refractivity (Wildman–Crippen MR) is 124 cm³/mol. The average molecular weight is 431 g/mol. The van der Waals surface area contributed by atoms with Crippen molar-refractivity contribution in [2.45, 2.75) is 90.3 Å². The molecule has 29 heavy (non-hydrogen) atoms.